The van der Waals surface area contributed by atoms with Crippen molar-refractivity contribution in [3.05, 3.63) is 59.3 Å². The molecule has 0 aromatic heterocycles. The third-order valence-electron chi connectivity index (χ3n) is 4.09. The van der Waals surface area contributed by atoms with Crippen molar-refractivity contribution in [1.82, 2.24) is 0 Å². The lowest BCUT2D eigenvalue weighted by molar-refractivity contribution is -0.339. The Morgan fingerprint density at radius 2 is 1.33 bits per heavy atom. The molecule has 9 heteroatoms. The number of hydrogen-bond donors (Lipinski definition) is 0. The van der Waals surface area contributed by atoms with Crippen molar-refractivity contribution < 1.29 is 32.6 Å². The van der Waals surface area contributed by atoms with Crippen molar-refractivity contribution in [1.29, 1.82) is 0 Å². The van der Waals surface area contributed by atoms with Gasteiger partial charge in [-0.2, -0.15) is 0 Å². The van der Waals surface area contributed by atoms with E-state index in [1.54, 1.807) is 6.08 Å². The minimum Gasteiger partial charge on any atom is -0.790 e. The lowest BCUT2D eigenvalue weighted by Gasteiger charge is -2.34. The van der Waals surface area contributed by atoms with E-state index in [9.17, 15) is 23.8 Å². The van der Waals surface area contributed by atoms with Gasteiger partial charge in [-0.3, -0.25) is 8.88 Å². The van der Waals surface area contributed by atoms with Gasteiger partial charge in [-0.05, 0) is 66.2 Å². The summed E-state index contributed by atoms with van der Waals surface area (Å²) in [4.78, 5) is 31.9. The molecule has 0 aromatic carbocycles. The second-order valence-electron chi connectivity index (χ2n) is 7.25. The second-order valence-corrected chi connectivity index (χ2v) is 9.95. The van der Waals surface area contributed by atoms with E-state index in [0.29, 0.717) is 6.42 Å². The van der Waals surface area contributed by atoms with Crippen LogP contribution in [0.15, 0.2) is 59.3 Å². The SMILES string of the molecule is C=C/C(=C\COP(=O)([O-])OP(=O)([O-])[O-])CC/C=C(\C)CC/C=C(\C)CCC=C(C)C. The van der Waals surface area contributed by atoms with Crippen molar-refractivity contribution in [2.45, 2.75) is 66.2 Å². The minimum absolute atomic E-state index is 0.443. The van der Waals surface area contributed by atoms with Gasteiger partial charge in [-0.15, -0.1) is 0 Å². The first-order chi connectivity index (χ1) is 13.8. The Kier molecular flexibility index (Phi) is 14.4. The van der Waals surface area contributed by atoms with Crippen molar-refractivity contribution in [3.8, 4) is 0 Å². The van der Waals surface area contributed by atoms with E-state index < -0.39 is 22.3 Å². The maximum absolute atomic E-state index is 11.2. The molecule has 0 N–H and O–H groups in total. The maximum atomic E-state index is 11.2. The van der Waals surface area contributed by atoms with E-state index in [1.807, 2.05) is 0 Å². The fourth-order valence-electron chi connectivity index (χ4n) is 2.49. The van der Waals surface area contributed by atoms with E-state index in [2.05, 4.69) is 61.3 Å². The molecule has 0 saturated heterocycles. The lowest BCUT2D eigenvalue weighted by atomic mass is 10.0. The number of phosphoric ester groups is 1. The number of hydrogen-bond acceptors (Lipinski definition) is 7. The third kappa shape index (κ3) is 17.8. The van der Waals surface area contributed by atoms with Gasteiger partial charge in [-0.1, -0.05) is 59.3 Å². The quantitative estimate of drug-likeness (QED) is 0.199. The number of phosphoric acid groups is 2. The first-order valence-electron chi connectivity index (χ1n) is 9.79. The Hall–Kier alpha value is -1.04. The molecule has 0 aliphatic carbocycles. The highest BCUT2D eigenvalue weighted by Crippen LogP contribution is 2.50. The van der Waals surface area contributed by atoms with Crippen LogP contribution in [0.1, 0.15) is 66.2 Å². The van der Waals surface area contributed by atoms with Gasteiger partial charge in [0.05, 0.1) is 14.4 Å². The average Bonchev–Trinajstić information content (AvgIpc) is 2.57. The van der Waals surface area contributed by atoms with E-state index in [-0.39, 0.29) is 0 Å². The zero-order valence-electron chi connectivity index (χ0n) is 18.3. The molecule has 1 atom stereocenters. The molecule has 30 heavy (non-hydrogen) atoms. The zero-order chi connectivity index (χ0) is 23.2. The van der Waals surface area contributed by atoms with Crippen LogP contribution in [0, 0.1) is 0 Å². The normalized spacial score (nSPS) is 15.6. The lowest BCUT2D eigenvalue weighted by Crippen LogP contribution is -2.19. The van der Waals surface area contributed by atoms with Crippen LogP contribution < -0.4 is 14.7 Å². The van der Waals surface area contributed by atoms with Crippen LogP contribution in [-0.4, -0.2) is 6.61 Å². The van der Waals surface area contributed by atoms with Crippen LogP contribution in [0.3, 0.4) is 0 Å². The van der Waals surface area contributed by atoms with Crippen LogP contribution in [0.25, 0.3) is 0 Å². The molecule has 0 spiro atoms. The summed E-state index contributed by atoms with van der Waals surface area (Å²) in [6, 6.07) is 0. The maximum Gasteiger partial charge on any atom is 0.272 e. The highest BCUT2D eigenvalue weighted by molar-refractivity contribution is 7.58. The highest BCUT2D eigenvalue weighted by atomic mass is 31.3. The van der Waals surface area contributed by atoms with Gasteiger partial charge in [-0.25, -0.2) is 0 Å². The van der Waals surface area contributed by atoms with Gasteiger partial charge in [0.15, 0.2) is 0 Å². The monoisotopic (exact) mass is 459 g/mol. The second kappa shape index (κ2) is 14.9. The van der Waals surface area contributed by atoms with Crippen LogP contribution in [0.2, 0.25) is 0 Å². The van der Waals surface area contributed by atoms with E-state index in [1.165, 1.54) is 22.8 Å². The molecule has 0 radical (unpaired) electrons. The molecule has 0 rings (SSSR count). The summed E-state index contributed by atoms with van der Waals surface area (Å²) in [6.07, 6.45) is 15.1. The Balaban J connectivity index is 4.37. The zero-order valence-corrected chi connectivity index (χ0v) is 20.1. The molecule has 0 aromatic rings. The molecule has 0 aliphatic heterocycles. The fourth-order valence-corrected chi connectivity index (χ4v) is 3.92. The summed E-state index contributed by atoms with van der Waals surface area (Å²) in [5.74, 6) is 0. The molecule has 0 heterocycles. The molecule has 7 nitrogen and oxygen atoms in total. The Morgan fingerprint density at radius 1 is 0.833 bits per heavy atom. The van der Waals surface area contributed by atoms with E-state index in [0.717, 1.165) is 37.7 Å². The Morgan fingerprint density at radius 3 is 1.80 bits per heavy atom. The fraction of sp³-hybridized carbons (Fsp3) is 0.524. The largest absolute Gasteiger partial charge is 0.790 e. The molecule has 0 bridgehead atoms. The third-order valence-corrected chi connectivity index (χ3v) is 6.15. The summed E-state index contributed by atoms with van der Waals surface area (Å²) in [7, 11) is -10.9. The Bertz CT molecular complexity index is 753. The van der Waals surface area contributed by atoms with E-state index in [4.69, 9.17) is 0 Å². The standard InChI is InChI=1S/C21H36O7P2/c1-6-21(16-17-27-30(25,26)28-29(22,23)24)15-9-14-20(5)13-8-12-19(4)11-7-10-18(2)3/h6,10,12,14,16H,1,7-9,11,13,15,17H2,2-5H3,(H,25,26)(H2,22,23,24)/p-3/b19-12+,20-14+,21-16+. The first kappa shape index (κ1) is 29.0. The van der Waals surface area contributed by atoms with Gasteiger partial charge in [0.2, 0.25) is 0 Å². The molecular weight excluding hydrogens is 426 g/mol. The molecule has 0 fully saturated rings. The molecule has 0 amide bonds. The van der Waals surface area contributed by atoms with Gasteiger partial charge in [0.1, 0.15) is 0 Å². The molecule has 172 valence electrons. The summed E-state index contributed by atoms with van der Waals surface area (Å²) < 4.78 is 29.3. The summed E-state index contributed by atoms with van der Waals surface area (Å²) in [6.45, 7) is 11.6. The van der Waals surface area contributed by atoms with Gasteiger partial charge in [0, 0.05) is 0 Å². The summed E-state index contributed by atoms with van der Waals surface area (Å²) >= 11 is 0. The van der Waals surface area contributed by atoms with Crippen LogP contribution >= 0.6 is 15.6 Å². The van der Waals surface area contributed by atoms with Crippen molar-refractivity contribution in [2.24, 2.45) is 0 Å². The molecule has 1 unspecified atom stereocenters. The number of allylic oxidation sites excluding steroid dienone is 8. The van der Waals surface area contributed by atoms with Crippen molar-refractivity contribution in [3.63, 3.8) is 0 Å². The predicted molar refractivity (Wildman–Crippen MR) is 115 cm³/mol. The average molecular weight is 459 g/mol. The molecule has 0 aliphatic rings. The van der Waals surface area contributed by atoms with Crippen molar-refractivity contribution in [2.75, 3.05) is 6.61 Å². The topological polar surface area (TPSA) is 122 Å². The summed E-state index contributed by atoms with van der Waals surface area (Å²) in [5, 5.41) is 0. The smallest absolute Gasteiger partial charge is 0.272 e. The van der Waals surface area contributed by atoms with Gasteiger partial charge in [0.25, 0.3) is 7.82 Å². The van der Waals surface area contributed by atoms with Crippen LogP contribution in [0.5, 0.6) is 0 Å². The predicted octanol–water partition coefficient (Wildman–Crippen LogP) is 4.63. The Labute approximate surface area is 180 Å². The van der Waals surface area contributed by atoms with Gasteiger partial charge >= 0.3 is 0 Å². The molecule has 0 saturated carbocycles. The molecular formula is C21H33O7P2-3. The minimum atomic E-state index is -5.67. The van der Waals surface area contributed by atoms with E-state index >= 15 is 0 Å². The van der Waals surface area contributed by atoms with Crippen LogP contribution in [0.4, 0.5) is 0 Å². The van der Waals surface area contributed by atoms with Gasteiger partial charge < -0.3 is 23.8 Å². The number of rotatable bonds is 15. The van der Waals surface area contributed by atoms with Crippen molar-refractivity contribution >= 4 is 15.6 Å². The highest BCUT2D eigenvalue weighted by Gasteiger charge is 2.10. The van der Waals surface area contributed by atoms with Crippen LogP contribution in [-0.2, 0) is 18.0 Å². The first-order valence-corrected chi connectivity index (χ1v) is 12.7. The summed E-state index contributed by atoms with van der Waals surface area (Å²) in [5.41, 5.74) is 4.73.